The summed E-state index contributed by atoms with van der Waals surface area (Å²) >= 11 is 0. The van der Waals surface area contributed by atoms with Gasteiger partial charge in [-0.05, 0) is 30.5 Å². The van der Waals surface area contributed by atoms with Crippen LogP contribution < -0.4 is 10.6 Å². The first-order chi connectivity index (χ1) is 9.31. The van der Waals surface area contributed by atoms with Gasteiger partial charge in [-0.3, -0.25) is 14.9 Å². The van der Waals surface area contributed by atoms with E-state index in [1.807, 2.05) is 0 Å². The molecule has 0 fully saturated rings. The molecule has 0 spiro atoms. The van der Waals surface area contributed by atoms with Crippen LogP contribution in [0.3, 0.4) is 0 Å². The number of amides is 1. The minimum Gasteiger partial charge on any atom is -0.480 e. The molecule has 1 aromatic carbocycles. The Labute approximate surface area is 117 Å². The molecule has 0 aromatic heterocycles. The number of hydrogen-bond acceptors (Lipinski definition) is 3. The summed E-state index contributed by atoms with van der Waals surface area (Å²) in [5, 5.41) is 14.2. The lowest BCUT2D eigenvalue weighted by Gasteiger charge is -2.17. The number of nitrogens with one attached hydrogen (secondary N) is 2. The first-order valence-electron chi connectivity index (χ1n) is 6.33. The monoisotopic (exact) mass is 282 g/mol. The second-order valence-corrected chi connectivity index (χ2v) is 4.95. The van der Waals surface area contributed by atoms with Gasteiger partial charge in [0, 0.05) is 5.69 Å². The van der Waals surface area contributed by atoms with Gasteiger partial charge in [0.25, 0.3) is 0 Å². The first kappa shape index (κ1) is 16.1. The molecule has 0 bridgehead atoms. The minimum absolute atomic E-state index is 0.142. The zero-order chi connectivity index (χ0) is 15.3. The zero-order valence-electron chi connectivity index (χ0n) is 11.7. The van der Waals surface area contributed by atoms with Crippen molar-refractivity contribution in [3.63, 3.8) is 0 Å². The van der Waals surface area contributed by atoms with Crippen molar-refractivity contribution in [1.82, 2.24) is 5.32 Å². The van der Waals surface area contributed by atoms with E-state index in [0.29, 0.717) is 5.69 Å². The average Bonchev–Trinajstić information content (AvgIpc) is 2.33. The standard InChI is InChI=1S/C14H19FN2O3/c1-8(2)13(14(19)20)16-7-12(18)17-11-6-10(15)5-4-9(11)3/h4-6,8,13,16H,7H2,1-3H3,(H,17,18)(H,19,20). The van der Waals surface area contributed by atoms with Crippen molar-refractivity contribution < 1.29 is 19.1 Å². The molecule has 6 heteroatoms. The number of aliphatic carboxylic acids is 1. The Bertz CT molecular complexity index is 503. The van der Waals surface area contributed by atoms with Crippen LogP contribution in [0, 0.1) is 18.7 Å². The van der Waals surface area contributed by atoms with Crippen LogP contribution in [0.25, 0.3) is 0 Å². The molecule has 1 aromatic rings. The summed E-state index contributed by atoms with van der Waals surface area (Å²) in [6.45, 7) is 5.10. The number of benzene rings is 1. The van der Waals surface area contributed by atoms with Crippen LogP contribution in [0.4, 0.5) is 10.1 Å². The molecule has 3 N–H and O–H groups in total. The highest BCUT2D eigenvalue weighted by atomic mass is 19.1. The van der Waals surface area contributed by atoms with Gasteiger partial charge in [0.15, 0.2) is 0 Å². The predicted octanol–water partition coefficient (Wildman–Crippen LogP) is 1.77. The number of carboxylic acids is 1. The molecule has 1 amide bonds. The SMILES string of the molecule is Cc1ccc(F)cc1NC(=O)CNC(C(=O)O)C(C)C. The predicted molar refractivity (Wildman–Crippen MR) is 74.0 cm³/mol. The third-order valence-electron chi connectivity index (χ3n) is 2.89. The summed E-state index contributed by atoms with van der Waals surface area (Å²) in [6, 6.07) is 3.30. The Kier molecular flexibility index (Phi) is 5.64. The van der Waals surface area contributed by atoms with Crippen molar-refractivity contribution in [2.45, 2.75) is 26.8 Å². The first-order valence-corrected chi connectivity index (χ1v) is 6.33. The molecular formula is C14H19FN2O3. The lowest BCUT2D eigenvalue weighted by Crippen LogP contribution is -2.44. The summed E-state index contributed by atoms with van der Waals surface area (Å²) in [5.74, 6) is -2.00. The highest BCUT2D eigenvalue weighted by molar-refractivity contribution is 5.93. The quantitative estimate of drug-likeness (QED) is 0.743. The summed E-state index contributed by atoms with van der Waals surface area (Å²) in [5.41, 5.74) is 1.12. The molecule has 20 heavy (non-hydrogen) atoms. The molecule has 5 nitrogen and oxygen atoms in total. The molecule has 1 atom stereocenters. The van der Waals surface area contributed by atoms with Gasteiger partial charge in [-0.15, -0.1) is 0 Å². The maximum atomic E-state index is 13.1. The van der Waals surface area contributed by atoms with E-state index in [-0.39, 0.29) is 12.5 Å². The van der Waals surface area contributed by atoms with Gasteiger partial charge in [-0.25, -0.2) is 4.39 Å². The number of anilines is 1. The average molecular weight is 282 g/mol. The highest BCUT2D eigenvalue weighted by Crippen LogP contribution is 2.15. The molecule has 1 rings (SSSR count). The highest BCUT2D eigenvalue weighted by Gasteiger charge is 2.21. The van der Waals surface area contributed by atoms with E-state index in [9.17, 15) is 14.0 Å². The maximum absolute atomic E-state index is 13.1. The van der Waals surface area contributed by atoms with Gasteiger partial charge < -0.3 is 10.4 Å². The Balaban J connectivity index is 2.60. The lowest BCUT2D eigenvalue weighted by atomic mass is 10.1. The largest absolute Gasteiger partial charge is 0.480 e. The molecule has 0 radical (unpaired) electrons. The topological polar surface area (TPSA) is 78.4 Å². The molecule has 0 aliphatic carbocycles. The number of carbonyl (C=O) groups is 2. The van der Waals surface area contributed by atoms with Gasteiger partial charge >= 0.3 is 5.97 Å². The van der Waals surface area contributed by atoms with E-state index < -0.39 is 23.7 Å². The number of halogens is 1. The third-order valence-corrected chi connectivity index (χ3v) is 2.89. The van der Waals surface area contributed by atoms with Gasteiger partial charge in [0.05, 0.1) is 6.54 Å². The van der Waals surface area contributed by atoms with Gasteiger partial charge in [0.1, 0.15) is 11.9 Å². The van der Waals surface area contributed by atoms with E-state index >= 15 is 0 Å². The third kappa shape index (κ3) is 4.62. The second-order valence-electron chi connectivity index (χ2n) is 4.95. The maximum Gasteiger partial charge on any atom is 0.320 e. The second kappa shape index (κ2) is 7.00. The van der Waals surface area contributed by atoms with Crippen molar-refractivity contribution in [3.8, 4) is 0 Å². The lowest BCUT2D eigenvalue weighted by molar-refractivity contribution is -0.140. The van der Waals surface area contributed by atoms with Crippen molar-refractivity contribution in [2.75, 3.05) is 11.9 Å². The number of hydrogen-bond donors (Lipinski definition) is 3. The molecular weight excluding hydrogens is 263 g/mol. The molecule has 0 saturated heterocycles. The van der Waals surface area contributed by atoms with E-state index in [1.54, 1.807) is 26.8 Å². The van der Waals surface area contributed by atoms with Gasteiger partial charge in [0.2, 0.25) is 5.91 Å². The normalized spacial score (nSPS) is 12.2. The van der Waals surface area contributed by atoms with Crippen molar-refractivity contribution in [3.05, 3.63) is 29.6 Å². The minimum atomic E-state index is -1.00. The van der Waals surface area contributed by atoms with Crippen molar-refractivity contribution >= 4 is 17.6 Å². The van der Waals surface area contributed by atoms with Crippen LogP contribution in [0.1, 0.15) is 19.4 Å². The van der Waals surface area contributed by atoms with Crippen molar-refractivity contribution in [2.24, 2.45) is 5.92 Å². The van der Waals surface area contributed by atoms with E-state index in [4.69, 9.17) is 5.11 Å². The van der Waals surface area contributed by atoms with Crippen LogP contribution in [-0.2, 0) is 9.59 Å². The number of rotatable bonds is 6. The Hall–Kier alpha value is -1.95. The fraction of sp³-hybridized carbons (Fsp3) is 0.429. The number of carboxylic acid groups (broad SMARTS) is 1. The van der Waals surface area contributed by atoms with Gasteiger partial charge in [-0.1, -0.05) is 19.9 Å². The summed E-state index contributed by atoms with van der Waals surface area (Å²) in [7, 11) is 0. The number of carbonyl (C=O) groups excluding carboxylic acids is 1. The van der Waals surface area contributed by atoms with E-state index in [1.165, 1.54) is 12.1 Å². The van der Waals surface area contributed by atoms with Crippen LogP contribution in [0.5, 0.6) is 0 Å². The fourth-order valence-electron chi connectivity index (χ4n) is 1.73. The Morgan fingerprint density at radius 2 is 2.00 bits per heavy atom. The molecule has 0 aliphatic rings. The van der Waals surface area contributed by atoms with Crippen molar-refractivity contribution in [1.29, 1.82) is 0 Å². The molecule has 0 aliphatic heterocycles. The smallest absolute Gasteiger partial charge is 0.320 e. The summed E-state index contributed by atoms with van der Waals surface area (Å²) < 4.78 is 13.1. The van der Waals surface area contributed by atoms with E-state index in [2.05, 4.69) is 10.6 Å². The van der Waals surface area contributed by atoms with E-state index in [0.717, 1.165) is 5.56 Å². The zero-order valence-corrected chi connectivity index (χ0v) is 11.7. The molecule has 110 valence electrons. The van der Waals surface area contributed by atoms with Crippen LogP contribution >= 0.6 is 0 Å². The summed E-state index contributed by atoms with van der Waals surface area (Å²) in [6.07, 6.45) is 0. The van der Waals surface area contributed by atoms with Crippen LogP contribution in [-0.4, -0.2) is 29.6 Å². The molecule has 0 saturated carbocycles. The Morgan fingerprint density at radius 1 is 1.35 bits per heavy atom. The molecule has 1 unspecified atom stereocenters. The van der Waals surface area contributed by atoms with Gasteiger partial charge in [-0.2, -0.15) is 0 Å². The van der Waals surface area contributed by atoms with Crippen LogP contribution in [0.2, 0.25) is 0 Å². The summed E-state index contributed by atoms with van der Waals surface area (Å²) in [4.78, 5) is 22.7. The molecule has 0 heterocycles. The number of aryl methyl sites for hydroxylation is 1. The Morgan fingerprint density at radius 3 is 2.55 bits per heavy atom. The fourth-order valence-corrected chi connectivity index (χ4v) is 1.73. The van der Waals surface area contributed by atoms with Crippen LogP contribution in [0.15, 0.2) is 18.2 Å².